The number of furan rings is 1. The number of benzene rings is 2. The minimum atomic E-state index is -0.261. The minimum absolute atomic E-state index is 0.00209. The number of H-pyrrole nitrogens is 1. The van der Waals surface area contributed by atoms with E-state index in [4.69, 9.17) is 25.5 Å². The van der Waals surface area contributed by atoms with Crippen LogP contribution >= 0.6 is 11.6 Å². The zero-order valence-corrected chi connectivity index (χ0v) is 22.3. The van der Waals surface area contributed by atoms with Crippen LogP contribution in [0.15, 0.2) is 59.4 Å². The smallest absolute Gasteiger partial charge is 0.196 e. The molecule has 1 saturated heterocycles. The molecule has 7 rings (SSSR count). The third-order valence-electron chi connectivity index (χ3n) is 7.55. The topological polar surface area (TPSA) is 123 Å². The van der Waals surface area contributed by atoms with E-state index >= 15 is 0 Å². The van der Waals surface area contributed by atoms with Gasteiger partial charge in [0.15, 0.2) is 17.1 Å². The molecule has 0 amide bonds. The van der Waals surface area contributed by atoms with Crippen LogP contribution in [0.5, 0.6) is 11.5 Å². The maximum Gasteiger partial charge on any atom is 0.196 e. The Morgan fingerprint density at radius 3 is 2.80 bits per heavy atom. The Morgan fingerprint density at radius 1 is 1.12 bits per heavy atom. The summed E-state index contributed by atoms with van der Waals surface area (Å²) in [5.74, 6) is 2.87. The molecule has 1 aliphatic carbocycles. The summed E-state index contributed by atoms with van der Waals surface area (Å²) in [5, 5.41) is 14.6. The molecule has 0 bridgehead atoms. The number of hydrogen-bond acceptors (Lipinski definition) is 8. The van der Waals surface area contributed by atoms with Gasteiger partial charge < -0.3 is 29.3 Å². The monoisotopic (exact) mass is 558 g/mol. The number of hydrogen-bond donors (Lipinski definition) is 3. The fourth-order valence-corrected chi connectivity index (χ4v) is 5.49. The van der Waals surface area contributed by atoms with Crippen molar-refractivity contribution in [2.24, 2.45) is 0 Å². The first-order chi connectivity index (χ1) is 19.6. The number of ketones is 1. The van der Waals surface area contributed by atoms with Crippen molar-refractivity contribution in [3.63, 3.8) is 0 Å². The lowest BCUT2D eigenvalue weighted by atomic mass is 10.0. The van der Waals surface area contributed by atoms with Crippen LogP contribution in [0.25, 0.3) is 22.0 Å². The molecule has 0 unspecified atom stereocenters. The van der Waals surface area contributed by atoms with Crippen molar-refractivity contribution in [1.29, 1.82) is 0 Å². The molecule has 2 atom stereocenters. The van der Waals surface area contributed by atoms with Crippen molar-refractivity contribution in [3.05, 3.63) is 76.9 Å². The van der Waals surface area contributed by atoms with Gasteiger partial charge in [-0.3, -0.25) is 4.79 Å². The largest absolute Gasteiger partial charge is 0.457 e. The van der Waals surface area contributed by atoms with Crippen molar-refractivity contribution < 1.29 is 23.8 Å². The second-order valence-electron chi connectivity index (χ2n) is 10.4. The van der Waals surface area contributed by atoms with Gasteiger partial charge in [-0.2, -0.15) is 0 Å². The van der Waals surface area contributed by atoms with E-state index in [2.05, 4.69) is 26.3 Å². The fraction of sp³-hybridized carbons (Fsp3) is 0.300. The summed E-state index contributed by atoms with van der Waals surface area (Å²) < 4.78 is 17.9. The molecule has 0 radical (unpaired) electrons. The van der Waals surface area contributed by atoms with Gasteiger partial charge in [-0.15, -0.1) is 0 Å². The lowest BCUT2D eigenvalue weighted by molar-refractivity contribution is -0.0224. The van der Waals surface area contributed by atoms with Gasteiger partial charge in [0.25, 0.3) is 0 Å². The highest BCUT2D eigenvalue weighted by Gasteiger charge is 2.28. The average Bonchev–Trinajstić information content (AvgIpc) is 3.57. The van der Waals surface area contributed by atoms with Crippen LogP contribution < -0.4 is 10.1 Å². The molecule has 5 aromatic rings. The van der Waals surface area contributed by atoms with Crippen LogP contribution in [-0.4, -0.2) is 51.2 Å². The molecule has 2 aromatic carbocycles. The van der Waals surface area contributed by atoms with Crippen molar-refractivity contribution in [2.75, 3.05) is 18.5 Å². The summed E-state index contributed by atoms with van der Waals surface area (Å²) >= 11 is 6.64. The number of anilines is 1. The third-order valence-corrected chi connectivity index (χ3v) is 7.86. The van der Waals surface area contributed by atoms with Crippen LogP contribution in [0.2, 0.25) is 5.02 Å². The average molecular weight is 559 g/mol. The number of aromatic amines is 1. The van der Waals surface area contributed by atoms with Crippen molar-refractivity contribution in [2.45, 2.75) is 43.7 Å². The quantitative estimate of drug-likeness (QED) is 0.192. The number of halogens is 1. The number of aliphatic hydroxyl groups is 1. The number of carbonyl (C=O) groups excluding carboxylic acids is 1. The van der Waals surface area contributed by atoms with E-state index in [0.29, 0.717) is 57.6 Å². The summed E-state index contributed by atoms with van der Waals surface area (Å²) in [6.07, 6.45) is 6.79. The maximum absolute atomic E-state index is 13.7. The normalized spacial score (nSPS) is 19.2. The van der Waals surface area contributed by atoms with Gasteiger partial charge in [0.2, 0.25) is 0 Å². The molecule has 9 nitrogen and oxygen atoms in total. The Hall–Kier alpha value is -3.92. The highest BCUT2D eigenvalue weighted by molar-refractivity contribution is 6.35. The molecule has 40 heavy (non-hydrogen) atoms. The van der Waals surface area contributed by atoms with Gasteiger partial charge in [-0.1, -0.05) is 23.7 Å². The van der Waals surface area contributed by atoms with Crippen molar-refractivity contribution in [3.8, 4) is 11.5 Å². The van der Waals surface area contributed by atoms with Crippen molar-refractivity contribution in [1.82, 2.24) is 15.0 Å². The number of fused-ring (bicyclic) bond motifs is 2. The van der Waals surface area contributed by atoms with E-state index < -0.39 is 0 Å². The molecule has 3 N–H and O–H groups in total. The van der Waals surface area contributed by atoms with E-state index in [1.165, 1.54) is 6.33 Å². The molecular formula is C30H27ClN4O5. The number of nitrogens with one attached hydrogen (secondary N) is 2. The summed E-state index contributed by atoms with van der Waals surface area (Å²) in [6.45, 7) is 0.441. The van der Waals surface area contributed by atoms with Gasteiger partial charge in [-0.25, -0.2) is 9.97 Å². The highest BCUT2D eigenvalue weighted by Crippen LogP contribution is 2.44. The van der Waals surface area contributed by atoms with Gasteiger partial charge in [0, 0.05) is 29.1 Å². The van der Waals surface area contributed by atoms with Gasteiger partial charge in [-0.05, 0) is 49.9 Å². The summed E-state index contributed by atoms with van der Waals surface area (Å²) in [7, 11) is 0. The second kappa shape index (κ2) is 10.2. The third kappa shape index (κ3) is 4.70. The van der Waals surface area contributed by atoms with Crippen LogP contribution in [0, 0.1) is 0 Å². The number of aromatic nitrogens is 3. The number of nitrogens with zero attached hydrogens (tertiary/aromatic N) is 2. The molecule has 3 aromatic heterocycles. The van der Waals surface area contributed by atoms with Gasteiger partial charge >= 0.3 is 0 Å². The molecule has 2 fully saturated rings. The first kappa shape index (κ1) is 25.1. The second-order valence-corrected chi connectivity index (χ2v) is 10.8. The minimum Gasteiger partial charge on any atom is -0.457 e. The molecule has 1 saturated carbocycles. The Labute approximate surface area is 234 Å². The molecule has 0 spiro atoms. The summed E-state index contributed by atoms with van der Waals surface area (Å²) in [4.78, 5) is 25.5. The van der Waals surface area contributed by atoms with Crippen LogP contribution in [-0.2, 0) is 4.74 Å². The number of para-hydroxylation sites is 1. The molecule has 204 valence electrons. The van der Waals surface area contributed by atoms with Gasteiger partial charge in [0.05, 0.1) is 41.3 Å². The lowest BCUT2D eigenvalue weighted by Crippen LogP contribution is -2.36. The van der Waals surface area contributed by atoms with Crippen LogP contribution in [0.4, 0.5) is 5.82 Å². The number of ether oxygens (including phenoxy) is 2. The Bertz CT molecular complexity index is 1720. The number of rotatable bonds is 8. The first-order valence-corrected chi connectivity index (χ1v) is 13.8. The van der Waals surface area contributed by atoms with Crippen LogP contribution in [0.1, 0.15) is 53.3 Å². The van der Waals surface area contributed by atoms with E-state index in [1.54, 1.807) is 24.4 Å². The number of aliphatic hydroxyl groups excluding tert-OH is 1. The molecule has 2 aliphatic rings. The zero-order chi connectivity index (χ0) is 27.2. The maximum atomic E-state index is 13.7. The van der Waals surface area contributed by atoms with Crippen LogP contribution in [0.3, 0.4) is 0 Å². The van der Waals surface area contributed by atoms with E-state index in [1.807, 2.05) is 18.2 Å². The molecular weight excluding hydrogens is 532 g/mol. The Morgan fingerprint density at radius 2 is 2.02 bits per heavy atom. The Kier molecular flexibility index (Phi) is 6.42. The highest BCUT2D eigenvalue weighted by atomic mass is 35.5. The standard InChI is InChI=1S/C30H27ClN4O5/c31-23-11-19(39-24-3-1-2-17-10-25(16-4-5-16)40-28(17)24)8-9-21(23)27(37)22-12-32-29-26(22)30(34-15-33-29)35-18-6-7-20(13-36)38-14-18/h1-3,8-12,15-16,18,20,36H,4-7,13-14H2,(H2,32,33,34,35)/t18-,20+/m1/s1. The van der Waals surface area contributed by atoms with E-state index in [0.717, 1.165) is 36.8 Å². The molecule has 1 aliphatic heterocycles. The predicted molar refractivity (Wildman–Crippen MR) is 151 cm³/mol. The van der Waals surface area contributed by atoms with E-state index in [-0.39, 0.29) is 29.6 Å². The first-order valence-electron chi connectivity index (χ1n) is 13.4. The summed E-state index contributed by atoms with van der Waals surface area (Å²) in [5.41, 5.74) is 1.99. The molecule has 10 heteroatoms. The van der Waals surface area contributed by atoms with Gasteiger partial charge in [0.1, 0.15) is 29.3 Å². The SMILES string of the molecule is O=C(c1ccc(Oc2cccc3cc(C4CC4)oc23)cc1Cl)c1c[nH]c2ncnc(N[C@@H]3CC[C@@H](CO)OC3)c12. The predicted octanol–water partition coefficient (Wildman–Crippen LogP) is 6.21. The van der Waals surface area contributed by atoms with Crippen molar-refractivity contribution >= 4 is 45.2 Å². The lowest BCUT2D eigenvalue weighted by Gasteiger charge is -2.29. The zero-order valence-electron chi connectivity index (χ0n) is 21.5. The Balaban J connectivity index is 1.14. The fourth-order valence-electron chi connectivity index (χ4n) is 5.23. The number of carbonyl (C=O) groups is 1. The molecule has 4 heterocycles. The summed E-state index contributed by atoms with van der Waals surface area (Å²) in [6, 6.07) is 12.9. The van der Waals surface area contributed by atoms with E-state index in [9.17, 15) is 9.90 Å².